The van der Waals surface area contributed by atoms with E-state index in [1.165, 1.54) is 0 Å². The first-order valence-electron chi connectivity index (χ1n) is 16.5. The lowest BCUT2D eigenvalue weighted by Crippen LogP contribution is -2.21. The molecule has 254 valence electrons. The standard InChI is InChI=1S/C41H49O6P/c1-40(2,3)30-23-26(24-31(38(30)43)41(4,5)6)25-21-28(36-32(44-7)13-11-14-33(36)45-8)39(48-19-17-27(42)18-20-48)29(22-25)37-34(46-9)15-12-16-35(37)47-10/h11-16,21-24,43H,17-20H2,1-10H3. The van der Waals surface area contributed by atoms with Crippen LogP contribution in [0.4, 0.5) is 0 Å². The molecule has 1 aliphatic heterocycles. The van der Waals surface area contributed by atoms with Gasteiger partial charge in [-0.1, -0.05) is 61.6 Å². The molecule has 6 nitrogen and oxygen atoms in total. The van der Waals surface area contributed by atoms with Gasteiger partial charge in [0.1, 0.15) is 34.5 Å². The Bertz CT molecular complexity index is 1660. The van der Waals surface area contributed by atoms with E-state index in [0.717, 1.165) is 62.1 Å². The number of phenols is 1. The molecule has 1 saturated heterocycles. The first kappa shape index (κ1) is 35.3. The number of hydrogen-bond donors (Lipinski definition) is 1. The van der Waals surface area contributed by atoms with E-state index in [4.69, 9.17) is 18.9 Å². The molecule has 0 bridgehead atoms. The predicted molar refractivity (Wildman–Crippen MR) is 199 cm³/mol. The summed E-state index contributed by atoms with van der Waals surface area (Å²) in [5.74, 6) is 3.45. The maximum atomic E-state index is 12.6. The van der Waals surface area contributed by atoms with Crippen LogP contribution in [0, 0.1) is 0 Å². The summed E-state index contributed by atoms with van der Waals surface area (Å²) in [5, 5.41) is 12.8. The predicted octanol–water partition coefficient (Wildman–Crippen LogP) is 9.49. The highest BCUT2D eigenvalue weighted by atomic mass is 31.1. The summed E-state index contributed by atoms with van der Waals surface area (Å²) in [6, 6.07) is 20.5. The lowest BCUT2D eigenvalue weighted by molar-refractivity contribution is -0.118. The Morgan fingerprint density at radius 1 is 0.604 bits per heavy atom. The van der Waals surface area contributed by atoms with Crippen molar-refractivity contribution in [2.24, 2.45) is 0 Å². The van der Waals surface area contributed by atoms with Crippen molar-refractivity contribution in [1.29, 1.82) is 0 Å². The van der Waals surface area contributed by atoms with Crippen molar-refractivity contribution in [2.75, 3.05) is 40.8 Å². The number of carbonyl (C=O) groups excluding carboxylic acids is 1. The number of rotatable bonds is 8. The van der Waals surface area contributed by atoms with Gasteiger partial charge in [0, 0.05) is 24.0 Å². The highest BCUT2D eigenvalue weighted by molar-refractivity contribution is 7.66. The number of Topliss-reactive ketones (excluding diaryl/α,β-unsaturated/α-hetero) is 1. The molecule has 0 saturated carbocycles. The Kier molecular flexibility index (Phi) is 10.2. The summed E-state index contributed by atoms with van der Waals surface area (Å²) in [6.45, 7) is 12.8. The average molecular weight is 669 g/mol. The summed E-state index contributed by atoms with van der Waals surface area (Å²) in [7, 11) is 5.96. The van der Waals surface area contributed by atoms with Crippen molar-refractivity contribution in [3.05, 3.63) is 71.8 Å². The molecule has 0 atom stereocenters. The smallest absolute Gasteiger partial charge is 0.133 e. The fourth-order valence-electron chi connectivity index (χ4n) is 6.68. The van der Waals surface area contributed by atoms with Crippen LogP contribution < -0.4 is 24.3 Å². The monoisotopic (exact) mass is 668 g/mol. The van der Waals surface area contributed by atoms with Gasteiger partial charge in [-0.25, -0.2) is 0 Å². The van der Waals surface area contributed by atoms with E-state index in [0.29, 0.717) is 47.4 Å². The first-order valence-corrected chi connectivity index (χ1v) is 18.2. The van der Waals surface area contributed by atoms with Crippen molar-refractivity contribution >= 4 is 19.0 Å². The lowest BCUT2D eigenvalue weighted by atomic mass is 9.77. The summed E-state index contributed by atoms with van der Waals surface area (Å²) in [5.41, 5.74) is 6.84. The molecule has 1 aliphatic rings. The Morgan fingerprint density at radius 3 is 1.29 bits per heavy atom. The van der Waals surface area contributed by atoms with E-state index in [1.807, 2.05) is 36.4 Å². The number of hydrogen-bond acceptors (Lipinski definition) is 6. The Labute approximate surface area is 287 Å². The molecular formula is C41H49O6P. The zero-order valence-corrected chi connectivity index (χ0v) is 30.9. The third kappa shape index (κ3) is 6.78. The molecule has 5 rings (SSSR count). The molecule has 1 heterocycles. The number of ketones is 1. The third-order valence-electron chi connectivity index (χ3n) is 9.20. The van der Waals surface area contributed by atoms with Crippen LogP contribution in [0.5, 0.6) is 28.7 Å². The van der Waals surface area contributed by atoms with Crippen molar-refractivity contribution in [3.63, 3.8) is 0 Å². The number of ether oxygens (including phenoxy) is 4. The quantitative estimate of drug-likeness (QED) is 0.189. The largest absolute Gasteiger partial charge is 0.507 e. The van der Waals surface area contributed by atoms with Crippen molar-refractivity contribution in [3.8, 4) is 62.1 Å². The zero-order chi connectivity index (χ0) is 35.0. The van der Waals surface area contributed by atoms with Crippen LogP contribution in [0.15, 0.2) is 60.7 Å². The van der Waals surface area contributed by atoms with Gasteiger partial charge in [0.25, 0.3) is 0 Å². The van der Waals surface area contributed by atoms with Crippen LogP contribution in [0.1, 0.15) is 65.5 Å². The van der Waals surface area contributed by atoms with E-state index in [2.05, 4.69) is 65.8 Å². The molecule has 0 aromatic heterocycles. The van der Waals surface area contributed by atoms with Crippen LogP contribution in [0.2, 0.25) is 0 Å². The van der Waals surface area contributed by atoms with Crippen LogP contribution >= 0.6 is 7.92 Å². The fraction of sp³-hybridized carbons (Fsp3) is 0.390. The van der Waals surface area contributed by atoms with Crippen LogP contribution in [0.25, 0.3) is 33.4 Å². The molecule has 0 aliphatic carbocycles. The fourth-order valence-corrected chi connectivity index (χ4v) is 9.42. The second-order valence-electron chi connectivity index (χ2n) is 14.4. The maximum Gasteiger partial charge on any atom is 0.133 e. The van der Waals surface area contributed by atoms with Gasteiger partial charge in [0.15, 0.2) is 0 Å². The summed E-state index contributed by atoms with van der Waals surface area (Å²) in [4.78, 5) is 12.6. The third-order valence-corrected chi connectivity index (χ3v) is 11.8. The minimum Gasteiger partial charge on any atom is -0.507 e. The molecule has 0 radical (unpaired) electrons. The van der Waals surface area contributed by atoms with Crippen LogP contribution in [0.3, 0.4) is 0 Å². The summed E-state index contributed by atoms with van der Waals surface area (Å²) >= 11 is 0. The van der Waals surface area contributed by atoms with Crippen LogP contribution in [-0.4, -0.2) is 51.7 Å². The van der Waals surface area contributed by atoms with E-state index in [9.17, 15) is 9.90 Å². The number of phenolic OH excluding ortho intramolecular Hbond substituents is 1. The number of carbonyl (C=O) groups is 1. The number of benzene rings is 4. The van der Waals surface area contributed by atoms with Crippen LogP contribution in [-0.2, 0) is 15.6 Å². The van der Waals surface area contributed by atoms with Gasteiger partial charge in [0.05, 0.1) is 39.6 Å². The average Bonchev–Trinajstić information content (AvgIpc) is 3.06. The van der Waals surface area contributed by atoms with Gasteiger partial charge in [-0.05, 0) is 99.2 Å². The van der Waals surface area contributed by atoms with E-state index >= 15 is 0 Å². The van der Waals surface area contributed by atoms with Gasteiger partial charge in [-0.3, -0.25) is 4.79 Å². The second kappa shape index (κ2) is 13.8. The van der Waals surface area contributed by atoms with Gasteiger partial charge in [-0.15, -0.1) is 0 Å². The molecule has 0 spiro atoms. The Hall–Kier alpha value is -4.02. The molecule has 0 amide bonds. The molecule has 7 heteroatoms. The van der Waals surface area contributed by atoms with Crippen molar-refractivity contribution in [1.82, 2.24) is 0 Å². The number of methoxy groups -OCH3 is 4. The Balaban J connectivity index is 2.01. The van der Waals surface area contributed by atoms with Gasteiger partial charge in [-0.2, -0.15) is 0 Å². The minimum absolute atomic E-state index is 0.304. The summed E-state index contributed by atoms with van der Waals surface area (Å²) in [6.07, 6.45) is 2.70. The van der Waals surface area contributed by atoms with Gasteiger partial charge in [0.2, 0.25) is 0 Å². The molecule has 4 aromatic carbocycles. The van der Waals surface area contributed by atoms with E-state index in [-0.39, 0.29) is 10.8 Å². The molecule has 1 fully saturated rings. The first-order chi connectivity index (χ1) is 22.7. The Morgan fingerprint density at radius 2 is 0.958 bits per heavy atom. The number of aromatic hydroxyl groups is 1. The van der Waals surface area contributed by atoms with Gasteiger partial charge < -0.3 is 24.1 Å². The normalized spacial score (nSPS) is 14.2. The maximum absolute atomic E-state index is 12.6. The summed E-state index contributed by atoms with van der Waals surface area (Å²) < 4.78 is 24.1. The topological polar surface area (TPSA) is 74.2 Å². The van der Waals surface area contributed by atoms with E-state index < -0.39 is 7.92 Å². The molecule has 1 N–H and O–H groups in total. The highest BCUT2D eigenvalue weighted by Gasteiger charge is 2.32. The highest BCUT2D eigenvalue weighted by Crippen LogP contribution is 2.53. The molecular weight excluding hydrogens is 619 g/mol. The van der Waals surface area contributed by atoms with Crippen molar-refractivity contribution in [2.45, 2.75) is 65.2 Å². The second-order valence-corrected chi connectivity index (χ2v) is 16.9. The minimum atomic E-state index is -0.771. The molecule has 4 aromatic rings. The van der Waals surface area contributed by atoms with E-state index in [1.54, 1.807) is 28.4 Å². The lowest BCUT2D eigenvalue weighted by Gasteiger charge is -2.31. The van der Waals surface area contributed by atoms with Gasteiger partial charge >= 0.3 is 0 Å². The molecule has 48 heavy (non-hydrogen) atoms. The zero-order valence-electron chi connectivity index (χ0n) is 30.0. The molecule has 0 unspecified atom stereocenters. The van der Waals surface area contributed by atoms with Crippen molar-refractivity contribution < 1.29 is 28.8 Å². The SMILES string of the molecule is COc1cccc(OC)c1-c1cc(-c2cc(C(C)(C)C)c(O)c(C(C)(C)C)c2)cc(-c2c(OC)cccc2OC)c1P1CCC(=O)CC1.